The molecule has 0 amide bonds. The van der Waals surface area contributed by atoms with E-state index in [-0.39, 0.29) is 0 Å². The fourth-order valence-corrected chi connectivity index (χ4v) is 2.05. The van der Waals surface area contributed by atoms with E-state index < -0.39 is 0 Å². The second-order valence-electron chi connectivity index (χ2n) is 4.06. The molecule has 0 spiro atoms. The Balaban J connectivity index is 2.24. The normalized spacial score (nSPS) is 10.8. The van der Waals surface area contributed by atoms with Crippen LogP contribution >= 0.6 is 0 Å². The molecule has 0 radical (unpaired) electrons. The number of nitrogen functional groups attached to an aromatic ring is 2. The molecule has 0 saturated heterocycles. The van der Waals surface area contributed by atoms with E-state index in [1.165, 1.54) is 0 Å². The minimum Gasteiger partial charge on any atom is -0.399 e. The molecule has 84 valence electrons. The minimum atomic E-state index is 0.768. The Morgan fingerprint density at radius 1 is 0.824 bits per heavy atom. The Morgan fingerprint density at radius 2 is 1.59 bits per heavy atom. The Labute approximate surface area is 99.3 Å². The number of aromatic nitrogens is 1. The first kappa shape index (κ1) is 9.78. The molecular formula is C14H13N3. The maximum atomic E-state index is 5.94. The van der Waals surface area contributed by atoms with Crippen molar-refractivity contribution in [3.05, 3.63) is 54.7 Å². The van der Waals surface area contributed by atoms with Crippen molar-refractivity contribution in [2.75, 3.05) is 11.5 Å². The average molecular weight is 223 g/mol. The predicted molar refractivity (Wildman–Crippen MR) is 72.1 cm³/mol. The van der Waals surface area contributed by atoms with Gasteiger partial charge < -0.3 is 16.0 Å². The van der Waals surface area contributed by atoms with Gasteiger partial charge in [0, 0.05) is 28.6 Å². The zero-order chi connectivity index (χ0) is 11.8. The van der Waals surface area contributed by atoms with Crippen LogP contribution in [0.5, 0.6) is 0 Å². The molecule has 0 fully saturated rings. The van der Waals surface area contributed by atoms with Crippen LogP contribution in [0.25, 0.3) is 16.6 Å². The molecule has 2 aromatic carbocycles. The molecule has 3 aromatic rings. The standard InChI is InChI=1S/C14H13N3/c15-10-4-6-11(7-5-10)17-9-8-12-13(16)2-1-3-14(12)17/h1-9H,15-16H2. The summed E-state index contributed by atoms with van der Waals surface area (Å²) in [6.07, 6.45) is 2.02. The van der Waals surface area contributed by atoms with E-state index in [1.807, 2.05) is 48.7 Å². The summed E-state index contributed by atoms with van der Waals surface area (Å²) in [7, 11) is 0. The first-order valence-electron chi connectivity index (χ1n) is 5.47. The monoisotopic (exact) mass is 223 g/mol. The summed E-state index contributed by atoms with van der Waals surface area (Å²) >= 11 is 0. The fourth-order valence-electron chi connectivity index (χ4n) is 2.05. The number of hydrogen-bond acceptors (Lipinski definition) is 2. The molecule has 3 nitrogen and oxygen atoms in total. The van der Waals surface area contributed by atoms with Crippen LogP contribution < -0.4 is 11.5 Å². The SMILES string of the molecule is Nc1ccc(-n2ccc3c(N)cccc32)cc1. The van der Waals surface area contributed by atoms with E-state index in [9.17, 15) is 0 Å². The lowest BCUT2D eigenvalue weighted by atomic mass is 10.2. The van der Waals surface area contributed by atoms with Gasteiger partial charge in [-0.25, -0.2) is 0 Å². The van der Waals surface area contributed by atoms with Crippen molar-refractivity contribution in [3.8, 4) is 5.69 Å². The van der Waals surface area contributed by atoms with Gasteiger partial charge in [0.15, 0.2) is 0 Å². The van der Waals surface area contributed by atoms with Gasteiger partial charge in [0.1, 0.15) is 0 Å². The van der Waals surface area contributed by atoms with Crippen molar-refractivity contribution < 1.29 is 0 Å². The van der Waals surface area contributed by atoms with Crippen molar-refractivity contribution in [1.29, 1.82) is 0 Å². The summed E-state index contributed by atoms with van der Waals surface area (Å²) in [5.41, 5.74) is 15.4. The molecule has 1 aromatic heterocycles. The predicted octanol–water partition coefficient (Wildman–Crippen LogP) is 2.79. The van der Waals surface area contributed by atoms with Gasteiger partial charge in [-0.1, -0.05) is 6.07 Å². The Bertz CT molecular complexity index is 666. The van der Waals surface area contributed by atoms with E-state index in [0.29, 0.717) is 0 Å². The molecule has 3 rings (SSSR count). The summed E-state index contributed by atoms with van der Waals surface area (Å²) < 4.78 is 2.10. The van der Waals surface area contributed by atoms with Gasteiger partial charge in [0.2, 0.25) is 0 Å². The smallest absolute Gasteiger partial charge is 0.0549 e. The van der Waals surface area contributed by atoms with Crippen LogP contribution in [0, 0.1) is 0 Å². The van der Waals surface area contributed by atoms with E-state index in [0.717, 1.165) is 28.0 Å². The van der Waals surface area contributed by atoms with Crippen molar-refractivity contribution in [1.82, 2.24) is 4.57 Å². The van der Waals surface area contributed by atoms with Crippen LogP contribution in [0.3, 0.4) is 0 Å². The van der Waals surface area contributed by atoms with Crippen molar-refractivity contribution in [2.45, 2.75) is 0 Å². The van der Waals surface area contributed by atoms with Gasteiger partial charge in [-0.05, 0) is 42.5 Å². The number of benzene rings is 2. The van der Waals surface area contributed by atoms with Crippen molar-refractivity contribution in [3.63, 3.8) is 0 Å². The van der Waals surface area contributed by atoms with Crippen LogP contribution in [-0.4, -0.2) is 4.57 Å². The maximum Gasteiger partial charge on any atom is 0.0549 e. The van der Waals surface area contributed by atoms with Gasteiger partial charge in [-0.2, -0.15) is 0 Å². The lowest BCUT2D eigenvalue weighted by molar-refractivity contribution is 1.13. The fraction of sp³-hybridized carbons (Fsp3) is 0. The third-order valence-corrected chi connectivity index (χ3v) is 2.94. The molecule has 0 aliphatic rings. The van der Waals surface area contributed by atoms with Gasteiger partial charge in [-0.15, -0.1) is 0 Å². The van der Waals surface area contributed by atoms with Gasteiger partial charge in [-0.3, -0.25) is 0 Å². The number of anilines is 2. The summed E-state index contributed by atoms with van der Waals surface area (Å²) in [5, 5.41) is 1.07. The molecule has 0 bridgehead atoms. The molecular weight excluding hydrogens is 210 g/mol. The van der Waals surface area contributed by atoms with E-state index in [1.54, 1.807) is 0 Å². The van der Waals surface area contributed by atoms with E-state index in [4.69, 9.17) is 11.5 Å². The lowest BCUT2D eigenvalue weighted by Crippen LogP contribution is -1.93. The van der Waals surface area contributed by atoms with E-state index >= 15 is 0 Å². The molecule has 0 aliphatic carbocycles. The maximum absolute atomic E-state index is 5.94. The lowest BCUT2D eigenvalue weighted by Gasteiger charge is -2.06. The third-order valence-electron chi connectivity index (χ3n) is 2.94. The first-order chi connectivity index (χ1) is 8.25. The summed E-state index contributed by atoms with van der Waals surface area (Å²) in [5.74, 6) is 0. The second-order valence-corrected chi connectivity index (χ2v) is 4.06. The Hall–Kier alpha value is -2.42. The molecule has 0 unspecified atom stereocenters. The van der Waals surface area contributed by atoms with Gasteiger partial charge in [0.05, 0.1) is 5.52 Å². The van der Waals surface area contributed by atoms with Crippen LogP contribution in [0.1, 0.15) is 0 Å². The van der Waals surface area contributed by atoms with Crippen LogP contribution in [0.4, 0.5) is 11.4 Å². The van der Waals surface area contributed by atoms with Crippen molar-refractivity contribution >= 4 is 22.3 Å². The number of nitrogens with two attached hydrogens (primary N) is 2. The average Bonchev–Trinajstić information content (AvgIpc) is 2.75. The Morgan fingerprint density at radius 3 is 2.35 bits per heavy atom. The van der Waals surface area contributed by atoms with Crippen molar-refractivity contribution in [2.24, 2.45) is 0 Å². The zero-order valence-electron chi connectivity index (χ0n) is 9.30. The van der Waals surface area contributed by atoms with E-state index in [2.05, 4.69) is 10.6 Å². The highest BCUT2D eigenvalue weighted by Gasteiger charge is 2.04. The van der Waals surface area contributed by atoms with Gasteiger partial charge in [0.25, 0.3) is 0 Å². The molecule has 1 heterocycles. The second kappa shape index (κ2) is 3.56. The number of fused-ring (bicyclic) bond motifs is 1. The number of hydrogen-bond donors (Lipinski definition) is 2. The molecule has 0 atom stereocenters. The first-order valence-corrected chi connectivity index (χ1v) is 5.47. The summed E-state index contributed by atoms with van der Waals surface area (Å²) in [6, 6.07) is 15.8. The molecule has 0 saturated carbocycles. The van der Waals surface area contributed by atoms with Gasteiger partial charge >= 0.3 is 0 Å². The van der Waals surface area contributed by atoms with Crippen LogP contribution in [0.2, 0.25) is 0 Å². The number of nitrogens with zero attached hydrogens (tertiary/aromatic N) is 1. The third kappa shape index (κ3) is 1.52. The highest BCUT2D eigenvalue weighted by Crippen LogP contribution is 2.25. The number of rotatable bonds is 1. The topological polar surface area (TPSA) is 57.0 Å². The highest BCUT2D eigenvalue weighted by atomic mass is 15.0. The molecule has 4 N–H and O–H groups in total. The quantitative estimate of drug-likeness (QED) is 0.623. The summed E-state index contributed by atoms with van der Waals surface area (Å²) in [6.45, 7) is 0. The van der Waals surface area contributed by atoms with Crippen LogP contribution in [-0.2, 0) is 0 Å². The molecule has 0 aliphatic heterocycles. The molecule has 17 heavy (non-hydrogen) atoms. The highest BCUT2D eigenvalue weighted by molar-refractivity contribution is 5.92. The largest absolute Gasteiger partial charge is 0.399 e. The van der Waals surface area contributed by atoms with Crippen LogP contribution in [0.15, 0.2) is 54.7 Å². The zero-order valence-corrected chi connectivity index (χ0v) is 9.30. The Kier molecular flexibility index (Phi) is 2.05. The molecule has 3 heteroatoms. The minimum absolute atomic E-state index is 0.768. The summed E-state index contributed by atoms with van der Waals surface area (Å²) in [4.78, 5) is 0.